The molecule has 1 aromatic heterocycles. The van der Waals surface area contributed by atoms with E-state index in [1.54, 1.807) is 24.1 Å². The van der Waals surface area contributed by atoms with Gasteiger partial charge in [-0.15, -0.1) is 0 Å². The molecule has 0 radical (unpaired) electrons. The number of nitrogens with zero attached hydrogens (tertiary/aromatic N) is 1. The van der Waals surface area contributed by atoms with Crippen molar-refractivity contribution in [3.8, 4) is 5.75 Å². The van der Waals surface area contributed by atoms with Gasteiger partial charge in [-0.05, 0) is 54.7 Å². The lowest BCUT2D eigenvalue weighted by molar-refractivity contribution is -0.126. The van der Waals surface area contributed by atoms with Gasteiger partial charge in [0.1, 0.15) is 11.8 Å². The van der Waals surface area contributed by atoms with Crippen LogP contribution in [0.2, 0.25) is 0 Å². The Morgan fingerprint density at radius 1 is 1.00 bits per heavy atom. The van der Waals surface area contributed by atoms with E-state index in [9.17, 15) is 9.59 Å². The Bertz CT molecular complexity index is 1040. The Hall–Kier alpha value is -3.54. The summed E-state index contributed by atoms with van der Waals surface area (Å²) in [7, 11) is 1.61. The molecular weight excluding hydrogens is 428 g/mol. The zero-order chi connectivity index (χ0) is 23.8. The molecule has 1 N–H and O–H groups in total. The molecule has 1 atom stereocenters. The van der Waals surface area contributed by atoms with Crippen molar-refractivity contribution in [3.63, 3.8) is 0 Å². The number of benzene rings is 2. The molecule has 2 aromatic carbocycles. The molecule has 0 saturated heterocycles. The molecule has 1 fully saturated rings. The zero-order valence-electron chi connectivity index (χ0n) is 19.6. The van der Waals surface area contributed by atoms with Crippen LogP contribution in [0.1, 0.15) is 59.8 Å². The number of carbonyl (C=O) groups is 2. The normalized spacial score (nSPS) is 14.9. The highest BCUT2D eigenvalue weighted by Gasteiger charge is 2.34. The number of hydrogen-bond donors (Lipinski definition) is 1. The highest BCUT2D eigenvalue weighted by molar-refractivity contribution is 5.96. The van der Waals surface area contributed by atoms with E-state index in [0.717, 1.165) is 36.8 Å². The molecule has 34 heavy (non-hydrogen) atoms. The van der Waals surface area contributed by atoms with E-state index in [2.05, 4.69) is 5.32 Å². The third kappa shape index (κ3) is 5.87. The fourth-order valence-electron chi connectivity index (χ4n) is 4.57. The minimum absolute atomic E-state index is 0.136. The van der Waals surface area contributed by atoms with Gasteiger partial charge in [0.15, 0.2) is 5.76 Å². The number of nitrogens with one attached hydrogen (secondary N) is 1. The van der Waals surface area contributed by atoms with Crippen molar-refractivity contribution in [3.05, 3.63) is 89.9 Å². The lowest BCUT2D eigenvalue weighted by Gasteiger charge is -2.33. The molecule has 0 bridgehead atoms. The van der Waals surface area contributed by atoms with Crippen molar-refractivity contribution in [2.75, 3.05) is 13.7 Å². The van der Waals surface area contributed by atoms with E-state index < -0.39 is 6.04 Å². The molecule has 1 heterocycles. The van der Waals surface area contributed by atoms with E-state index in [-0.39, 0.29) is 23.6 Å². The van der Waals surface area contributed by atoms with Crippen LogP contribution in [0.3, 0.4) is 0 Å². The maximum atomic E-state index is 13.7. The summed E-state index contributed by atoms with van der Waals surface area (Å²) < 4.78 is 10.7. The van der Waals surface area contributed by atoms with Crippen LogP contribution in [-0.4, -0.2) is 36.4 Å². The summed E-state index contributed by atoms with van der Waals surface area (Å²) in [4.78, 5) is 28.9. The van der Waals surface area contributed by atoms with Crippen molar-refractivity contribution in [2.24, 2.45) is 0 Å². The summed E-state index contributed by atoms with van der Waals surface area (Å²) in [5.41, 5.74) is 1.84. The fraction of sp³-hybridized carbons (Fsp3) is 0.357. The van der Waals surface area contributed by atoms with Gasteiger partial charge in [-0.2, -0.15) is 0 Å². The van der Waals surface area contributed by atoms with Gasteiger partial charge < -0.3 is 19.4 Å². The Kier molecular flexibility index (Phi) is 8.02. The molecule has 0 unspecified atom stereocenters. The van der Waals surface area contributed by atoms with Crippen molar-refractivity contribution in [1.82, 2.24) is 10.2 Å². The van der Waals surface area contributed by atoms with Gasteiger partial charge in [0.25, 0.3) is 5.91 Å². The van der Waals surface area contributed by atoms with Crippen LogP contribution in [0.15, 0.2) is 77.4 Å². The Morgan fingerprint density at radius 2 is 1.74 bits per heavy atom. The number of methoxy groups -OCH3 is 1. The first kappa shape index (κ1) is 23.6. The average molecular weight is 461 g/mol. The van der Waals surface area contributed by atoms with Gasteiger partial charge in [0.2, 0.25) is 5.91 Å². The number of carbonyl (C=O) groups excluding carboxylic acids is 2. The van der Waals surface area contributed by atoms with E-state index in [0.29, 0.717) is 18.7 Å². The third-order valence-electron chi connectivity index (χ3n) is 6.42. The molecule has 0 aliphatic heterocycles. The second kappa shape index (κ2) is 11.5. The van der Waals surface area contributed by atoms with Gasteiger partial charge >= 0.3 is 0 Å². The predicted octanol–water partition coefficient (Wildman–Crippen LogP) is 5.16. The molecule has 4 rings (SSSR count). The lowest BCUT2D eigenvalue weighted by Crippen LogP contribution is -2.47. The maximum absolute atomic E-state index is 13.7. The number of hydrogen-bond acceptors (Lipinski definition) is 4. The van der Waals surface area contributed by atoms with Crippen molar-refractivity contribution >= 4 is 11.8 Å². The molecule has 6 nitrogen and oxygen atoms in total. The number of rotatable bonds is 9. The SMILES string of the molecule is COc1ccc([C@@H](C(=O)NC2CCCCC2)N(CCc2ccccc2)C(=O)c2ccco2)cc1. The van der Waals surface area contributed by atoms with E-state index in [1.807, 2.05) is 54.6 Å². The summed E-state index contributed by atoms with van der Waals surface area (Å²) in [5.74, 6) is 0.450. The predicted molar refractivity (Wildman–Crippen MR) is 131 cm³/mol. The lowest BCUT2D eigenvalue weighted by atomic mass is 9.94. The van der Waals surface area contributed by atoms with Gasteiger partial charge in [-0.1, -0.05) is 61.7 Å². The largest absolute Gasteiger partial charge is 0.497 e. The zero-order valence-corrected chi connectivity index (χ0v) is 19.6. The Labute approximate surface area is 200 Å². The van der Waals surface area contributed by atoms with E-state index in [4.69, 9.17) is 9.15 Å². The molecule has 1 saturated carbocycles. The number of amides is 2. The summed E-state index contributed by atoms with van der Waals surface area (Å²) in [6.45, 7) is 0.373. The topological polar surface area (TPSA) is 71.8 Å². The van der Waals surface area contributed by atoms with E-state index in [1.165, 1.54) is 12.7 Å². The van der Waals surface area contributed by atoms with Crippen LogP contribution >= 0.6 is 0 Å². The molecule has 2 amide bonds. The fourth-order valence-corrected chi connectivity index (χ4v) is 4.57. The van der Waals surface area contributed by atoms with Gasteiger partial charge in [0.05, 0.1) is 13.4 Å². The minimum Gasteiger partial charge on any atom is -0.497 e. The van der Waals surface area contributed by atoms with Gasteiger partial charge in [-0.3, -0.25) is 9.59 Å². The second-order valence-corrected chi connectivity index (χ2v) is 8.73. The third-order valence-corrected chi connectivity index (χ3v) is 6.42. The van der Waals surface area contributed by atoms with Crippen LogP contribution in [-0.2, 0) is 11.2 Å². The first-order valence-electron chi connectivity index (χ1n) is 12.0. The van der Waals surface area contributed by atoms with Gasteiger partial charge in [0, 0.05) is 12.6 Å². The van der Waals surface area contributed by atoms with Crippen LogP contribution in [0.25, 0.3) is 0 Å². The highest BCUT2D eigenvalue weighted by Crippen LogP contribution is 2.27. The molecule has 0 spiro atoms. The summed E-state index contributed by atoms with van der Waals surface area (Å²) in [5, 5.41) is 3.23. The van der Waals surface area contributed by atoms with Gasteiger partial charge in [-0.25, -0.2) is 0 Å². The van der Waals surface area contributed by atoms with Crippen molar-refractivity contribution < 1.29 is 18.7 Å². The molecular formula is C28H32N2O4. The first-order chi connectivity index (χ1) is 16.7. The quantitative estimate of drug-likeness (QED) is 0.479. The minimum atomic E-state index is -0.783. The number of furan rings is 1. The second-order valence-electron chi connectivity index (χ2n) is 8.73. The summed E-state index contributed by atoms with van der Waals surface area (Å²) >= 11 is 0. The van der Waals surface area contributed by atoms with Crippen LogP contribution in [0, 0.1) is 0 Å². The average Bonchev–Trinajstić information content (AvgIpc) is 3.43. The standard InChI is InChI=1S/C28H32N2O4/c1-33-24-16-14-22(15-17-24)26(27(31)29-23-11-6-3-7-12-23)30(28(32)25-13-8-20-34-25)19-18-21-9-4-2-5-10-21/h2,4-5,8-10,13-17,20,23,26H,3,6-7,11-12,18-19H2,1H3,(H,29,31)/t26-/m0/s1. The summed E-state index contributed by atoms with van der Waals surface area (Å²) in [6.07, 6.45) is 7.47. The molecule has 178 valence electrons. The summed E-state index contributed by atoms with van der Waals surface area (Å²) in [6, 6.07) is 20.0. The molecule has 1 aliphatic rings. The first-order valence-corrected chi connectivity index (χ1v) is 12.0. The van der Waals surface area contributed by atoms with Crippen LogP contribution < -0.4 is 10.1 Å². The van der Waals surface area contributed by atoms with Crippen LogP contribution in [0.4, 0.5) is 0 Å². The number of ether oxygens (including phenoxy) is 1. The van der Waals surface area contributed by atoms with Crippen molar-refractivity contribution in [2.45, 2.75) is 50.6 Å². The molecule has 3 aromatic rings. The smallest absolute Gasteiger partial charge is 0.290 e. The molecule has 6 heteroatoms. The van der Waals surface area contributed by atoms with Crippen molar-refractivity contribution in [1.29, 1.82) is 0 Å². The highest BCUT2D eigenvalue weighted by atomic mass is 16.5. The molecule has 1 aliphatic carbocycles. The van der Waals surface area contributed by atoms with Crippen LogP contribution in [0.5, 0.6) is 5.75 Å². The Morgan fingerprint density at radius 3 is 2.38 bits per heavy atom. The monoisotopic (exact) mass is 460 g/mol. The maximum Gasteiger partial charge on any atom is 0.290 e. The Balaban J connectivity index is 1.67. The van der Waals surface area contributed by atoms with E-state index >= 15 is 0 Å².